The first-order valence-corrected chi connectivity index (χ1v) is 30.2. The normalized spacial score (nSPS) is 15.4. The lowest BCUT2D eigenvalue weighted by Crippen LogP contribution is -2.33. The molecule has 2 fully saturated rings. The number of nitrogens with one attached hydrogen (secondary N) is 2. The van der Waals surface area contributed by atoms with Crippen LogP contribution >= 0.6 is 23.5 Å². The van der Waals surface area contributed by atoms with E-state index in [9.17, 15) is 45.5 Å². The number of urea groups is 2. The van der Waals surface area contributed by atoms with E-state index in [-0.39, 0.29) is 39.4 Å². The molecule has 18 nitrogen and oxygen atoms in total. The number of aryl methyl sites for hydroxylation is 5. The largest absolute Gasteiger partial charge is 0.573 e. The van der Waals surface area contributed by atoms with Gasteiger partial charge in [-0.3, -0.25) is 19.4 Å². The quantitative estimate of drug-likeness (QED) is 0.0510. The molecule has 2 aliphatic rings. The van der Waals surface area contributed by atoms with Crippen LogP contribution in [0.5, 0.6) is 11.5 Å². The van der Waals surface area contributed by atoms with Crippen molar-refractivity contribution < 1.29 is 55.0 Å². The van der Waals surface area contributed by atoms with E-state index in [1.807, 2.05) is 93.6 Å². The zero-order valence-electron chi connectivity index (χ0n) is 48.2. The van der Waals surface area contributed by atoms with Crippen LogP contribution in [0, 0.1) is 13.8 Å². The monoisotopic (exact) mass is 1260 g/mol. The number of hydrogen-bond acceptors (Lipinski definition) is 12. The molecule has 0 bridgehead atoms. The Labute approximate surface area is 515 Å². The number of aromatic nitrogens is 6. The lowest BCUT2D eigenvalue weighted by atomic mass is 10.0. The molecule has 6 aromatic carbocycles. The number of alkyl halides is 6. The Morgan fingerprint density at radius 3 is 1.63 bits per heavy atom. The number of unbranched alkanes of at least 4 members (excludes halogenated alkanes) is 2. The molecule has 4 heterocycles. The molecule has 2 aliphatic heterocycles. The molecule has 26 heteroatoms. The molecule has 89 heavy (non-hydrogen) atoms. The van der Waals surface area contributed by atoms with E-state index < -0.39 is 30.0 Å². The van der Waals surface area contributed by atoms with Crippen LogP contribution in [-0.2, 0) is 28.9 Å². The van der Waals surface area contributed by atoms with Gasteiger partial charge in [-0.25, -0.2) is 28.9 Å². The molecule has 2 saturated heterocycles. The van der Waals surface area contributed by atoms with E-state index in [2.05, 4.69) is 50.3 Å². The molecule has 460 valence electrons. The summed E-state index contributed by atoms with van der Waals surface area (Å²) in [5.41, 5.74) is 8.97. The van der Waals surface area contributed by atoms with Gasteiger partial charge >= 0.3 is 24.8 Å². The minimum Gasteiger partial charge on any atom is -0.406 e. The summed E-state index contributed by atoms with van der Waals surface area (Å²) in [6, 6.07) is 36.1. The van der Waals surface area contributed by atoms with Gasteiger partial charge in [-0.15, -0.1) is 36.5 Å². The number of carbonyl (C=O) groups is 4. The minimum atomic E-state index is -4.79. The van der Waals surface area contributed by atoms with Gasteiger partial charge in [0.1, 0.15) is 29.4 Å². The summed E-state index contributed by atoms with van der Waals surface area (Å²) in [7, 11) is 0. The predicted molar refractivity (Wildman–Crippen MR) is 329 cm³/mol. The number of carbonyl (C=O) groups excluding carboxylic acids is 4. The predicted octanol–water partition coefficient (Wildman–Crippen LogP) is 13.6. The first-order valence-electron chi connectivity index (χ1n) is 28.4. The topological polar surface area (TPSA) is 203 Å². The number of amides is 6. The minimum absolute atomic E-state index is 0.0832. The average Bonchev–Trinajstić information content (AvgIpc) is 1.68. The highest BCUT2D eigenvalue weighted by molar-refractivity contribution is 8.16. The second-order valence-electron chi connectivity index (χ2n) is 20.8. The van der Waals surface area contributed by atoms with Gasteiger partial charge in [0.15, 0.2) is 22.0 Å². The number of ether oxygens (including phenoxy) is 2. The van der Waals surface area contributed by atoms with Crippen LogP contribution in [0.25, 0.3) is 34.2 Å². The Kier molecular flexibility index (Phi) is 19.6. The Bertz CT molecular complexity index is 3910. The molecule has 0 aliphatic carbocycles. The van der Waals surface area contributed by atoms with Gasteiger partial charge in [-0.05, 0) is 153 Å². The number of rotatable bonds is 21. The molecule has 6 amide bonds. The molecule has 1 unspecified atom stereocenters. The van der Waals surface area contributed by atoms with Crippen molar-refractivity contribution in [2.24, 2.45) is 9.98 Å². The van der Waals surface area contributed by atoms with E-state index in [1.165, 1.54) is 104 Å². The van der Waals surface area contributed by atoms with Crippen LogP contribution in [-0.4, -0.2) is 95.3 Å². The second-order valence-corrected chi connectivity index (χ2v) is 22.8. The summed E-state index contributed by atoms with van der Waals surface area (Å²) in [6.45, 7) is 6.50. The van der Waals surface area contributed by atoms with Crippen molar-refractivity contribution in [1.82, 2.24) is 40.2 Å². The van der Waals surface area contributed by atoms with Crippen molar-refractivity contribution in [3.05, 3.63) is 179 Å². The second kappa shape index (κ2) is 27.8. The molecule has 0 spiro atoms. The zero-order valence-corrected chi connectivity index (χ0v) is 49.9. The van der Waals surface area contributed by atoms with Gasteiger partial charge in [0.25, 0.3) is 5.91 Å². The molecular weight excluding hydrogens is 1200 g/mol. The van der Waals surface area contributed by atoms with Crippen LogP contribution in [0.3, 0.4) is 0 Å². The smallest absolute Gasteiger partial charge is 0.406 e. The summed E-state index contributed by atoms with van der Waals surface area (Å²) >= 11 is 2.34. The Morgan fingerprint density at radius 1 is 0.607 bits per heavy atom. The third-order valence-corrected chi connectivity index (χ3v) is 16.3. The maximum absolute atomic E-state index is 14.7. The lowest BCUT2D eigenvalue weighted by Gasteiger charge is -2.22. The fourth-order valence-corrected chi connectivity index (χ4v) is 11.8. The third kappa shape index (κ3) is 16.3. The van der Waals surface area contributed by atoms with Crippen LogP contribution in [0.15, 0.2) is 156 Å². The van der Waals surface area contributed by atoms with Crippen molar-refractivity contribution in [2.45, 2.75) is 90.1 Å². The Morgan fingerprint density at radius 2 is 1.12 bits per heavy atom. The lowest BCUT2D eigenvalue weighted by molar-refractivity contribution is -0.275. The van der Waals surface area contributed by atoms with E-state index in [4.69, 9.17) is 0 Å². The molecule has 0 saturated carbocycles. The van der Waals surface area contributed by atoms with Gasteiger partial charge in [0.2, 0.25) is 5.91 Å². The number of anilines is 2. The summed E-state index contributed by atoms with van der Waals surface area (Å²) in [4.78, 5) is 75.5. The molecule has 8 aromatic rings. The number of thioether (sulfide) groups is 2. The highest BCUT2D eigenvalue weighted by atomic mass is 32.2. The van der Waals surface area contributed by atoms with E-state index >= 15 is 0 Å². The molecule has 0 radical (unpaired) electrons. The standard InChI is InChI=1S/C63H58F6N12O6S2/c1-4-9-45-35-46(22-31-51(45)80-53(82)36-88-60(80)74-58(84)70-32-7-5-10-41-14-18-43(19-15-41)55-72-37-78(76-55)47-23-27-49(28-24-47)86-62(64,65)66)54-57(83)81(52-34-39(2)12-13-40(52)3)61(89-54)75-59(85)71-33-8-6-11-42-16-20-44(21-17-42)56-73-38-79(77-56)48-25-29-50(30-26-48)87-63(67,68)69/h12-31,34-35,37-38,54H,4-11,32-33,36H2,1-3H3,(H,70,84)(H,71,85)/b74-60-,75-61-. The van der Waals surface area contributed by atoms with Gasteiger partial charge in [0.05, 0.1) is 28.5 Å². The molecule has 2 N–H and O–H groups in total. The molecule has 1 atom stereocenters. The molecular formula is C63H58F6N12O6S2. The number of aliphatic imine (C=N–C) groups is 2. The van der Waals surface area contributed by atoms with Gasteiger partial charge in [0, 0.05) is 24.2 Å². The van der Waals surface area contributed by atoms with Crippen molar-refractivity contribution in [1.29, 1.82) is 0 Å². The maximum atomic E-state index is 14.7. The fraction of sp³-hybridized carbons (Fsp3) is 0.270. The van der Waals surface area contributed by atoms with E-state index in [1.54, 1.807) is 12.1 Å². The summed E-state index contributed by atoms with van der Waals surface area (Å²) < 4.78 is 86.3. The van der Waals surface area contributed by atoms with E-state index in [0.29, 0.717) is 78.7 Å². The third-order valence-electron chi connectivity index (χ3n) is 14.2. The van der Waals surface area contributed by atoms with Crippen molar-refractivity contribution in [2.75, 3.05) is 28.6 Å². The van der Waals surface area contributed by atoms with Crippen LogP contribution in [0.2, 0.25) is 0 Å². The Hall–Kier alpha value is -9.30. The first-order chi connectivity index (χ1) is 42.7. The SMILES string of the molecule is CCCc1cc(C2S/C(=N\C(=O)NCCCCc3ccc(-c4ncn(-c5ccc(OC(F)(F)F)cc5)n4)cc3)N(c3cc(C)ccc3C)C2=O)ccc1N1C(=O)CS/C1=N\C(=O)NCCCCc1ccc(-c2ncn(-c3ccc(OC(F)(F)F)cc3)n2)cc1. The van der Waals surface area contributed by atoms with Gasteiger partial charge < -0.3 is 20.1 Å². The van der Waals surface area contributed by atoms with Crippen molar-refractivity contribution >= 4 is 69.1 Å². The number of hydrogen-bond donors (Lipinski definition) is 2. The highest BCUT2D eigenvalue weighted by Gasteiger charge is 2.42. The van der Waals surface area contributed by atoms with Crippen LogP contribution < -0.4 is 29.9 Å². The number of amidine groups is 2. The summed E-state index contributed by atoms with van der Waals surface area (Å²) in [6.07, 6.45) is -1.12. The summed E-state index contributed by atoms with van der Waals surface area (Å²) in [5, 5.41) is 14.4. The van der Waals surface area contributed by atoms with Gasteiger partial charge in [-0.1, -0.05) is 110 Å². The van der Waals surface area contributed by atoms with Crippen molar-refractivity contribution in [3.63, 3.8) is 0 Å². The Balaban J connectivity index is 0.719. The van der Waals surface area contributed by atoms with Crippen LogP contribution in [0.4, 0.5) is 47.3 Å². The number of halogens is 6. The summed E-state index contributed by atoms with van der Waals surface area (Å²) in [5.74, 6) is -0.245. The maximum Gasteiger partial charge on any atom is 0.573 e. The number of nitrogens with zero attached hydrogens (tertiary/aromatic N) is 10. The van der Waals surface area contributed by atoms with Gasteiger partial charge in [-0.2, -0.15) is 9.98 Å². The van der Waals surface area contributed by atoms with Crippen LogP contribution in [0.1, 0.15) is 77.7 Å². The molecule has 10 rings (SSSR count). The van der Waals surface area contributed by atoms with Crippen molar-refractivity contribution in [3.8, 4) is 45.6 Å². The first kappa shape index (κ1) is 62.7. The zero-order chi connectivity index (χ0) is 62.8. The number of benzene rings is 6. The molecule has 2 aromatic heterocycles. The average molecular weight is 1260 g/mol. The highest BCUT2D eigenvalue weighted by Crippen LogP contribution is 2.45. The fourth-order valence-electron chi connectivity index (χ4n) is 9.86. The van der Waals surface area contributed by atoms with E-state index in [0.717, 1.165) is 64.6 Å².